The van der Waals surface area contributed by atoms with Crippen LogP contribution in [0.2, 0.25) is 0 Å². The van der Waals surface area contributed by atoms with Gasteiger partial charge in [-0.25, -0.2) is 0 Å². The fraction of sp³-hybridized carbons (Fsp3) is 0.143. The van der Waals surface area contributed by atoms with Gasteiger partial charge in [0.15, 0.2) is 0 Å². The highest BCUT2D eigenvalue weighted by Gasteiger charge is 2.42. The van der Waals surface area contributed by atoms with Crippen LogP contribution >= 0.6 is 0 Å². The molecule has 0 bridgehead atoms. The molecule has 0 aliphatic carbocycles. The fourth-order valence-corrected chi connectivity index (χ4v) is 7.18. The van der Waals surface area contributed by atoms with Gasteiger partial charge in [-0.3, -0.25) is 0 Å². The summed E-state index contributed by atoms with van der Waals surface area (Å²) in [5, 5.41) is 3.85. The summed E-state index contributed by atoms with van der Waals surface area (Å²) < 4.78 is 6.74. The van der Waals surface area contributed by atoms with E-state index in [-0.39, 0.29) is 6.10 Å². The van der Waals surface area contributed by atoms with E-state index in [1.165, 1.54) is 15.6 Å². The maximum atomic E-state index is 6.74. The molecule has 23 heavy (non-hydrogen) atoms. The second-order valence-corrected chi connectivity index (χ2v) is 9.28. The van der Waals surface area contributed by atoms with Crippen LogP contribution in [0.1, 0.15) is 13.8 Å². The molecule has 0 fully saturated rings. The van der Waals surface area contributed by atoms with E-state index in [1.807, 2.05) is 0 Å². The number of hydrogen-bond acceptors (Lipinski definition) is 1. The van der Waals surface area contributed by atoms with Crippen LogP contribution in [0.25, 0.3) is 0 Å². The topological polar surface area (TPSA) is 9.23 Å². The van der Waals surface area contributed by atoms with Crippen molar-refractivity contribution >= 4 is 23.9 Å². The average molecular weight is 318 g/mol. The SMILES string of the molecule is CC(C)O[Si](c1ccccc1)(c1ccccc1)c1ccccc1. The van der Waals surface area contributed by atoms with Crippen LogP contribution in [-0.2, 0) is 4.43 Å². The van der Waals surface area contributed by atoms with Crippen molar-refractivity contribution in [1.29, 1.82) is 0 Å². The van der Waals surface area contributed by atoms with Crippen LogP contribution in [0, 0.1) is 0 Å². The van der Waals surface area contributed by atoms with E-state index in [1.54, 1.807) is 0 Å². The van der Waals surface area contributed by atoms with Gasteiger partial charge in [0.1, 0.15) is 0 Å². The molecule has 0 spiro atoms. The Morgan fingerprint density at radius 3 is 1.13 bits per heavy atom. The Kier molecular flexibility index (Phi) is 4.75. The van der Waals surface area contributed by atoms with Crippen molar-refractivity contribution in [3.63, 3.8) is 0 Å². The first-order valence-electron chi connectivity index (χ1n) is 8.08. The Morgan fingerprint density at radius 2 is 0.870 bits per heavy atom. The summed E-state index contributed by atoms with van der Waals surface area (Å²) in [6.07, 6.45) is 0.155. The zero-order chi connectivity index (χ0) is 16.1. The zero-order valence-electron chi connectivity index (χ0n) is 13.6. The lowest BCUT2D eigenvalue weighted by atomic mass is 10.3. The molecule has 1 nitrogen and oxygen atoms in total. The van der Waals surface area contributed by atoms with E-state index >= 15 is 0 Å². The van der Waals surface area contributed by atoms with Gasteiger partial charge in [-0.2, -0.15) is 0 Å². The molecule has 0 saturated heterocycles. The van der Waals surface area contributed by atoms with Crippen LogP contribution in [-0.4, -0.2) is 14.4 Å². The molecule has 2 heteroatoms. The molecular formula is C21H22OSi. The molecule has 0 unspecified atom stereocenters. The van der Waals surface area contributed by atoms with E-state index in [0.29, 0.717) is 0 Å². The van der Waals surface area contributed by atoms with Crippen molar-refractivity contribution in [3.05, 3.63) is 91.0 Å². The lowest BCUT2D eigenvalue weighted by molar-refractivity contribution is 0.245. The van der Waals surface area contributed by atoms with E-state index < -0.39 is 8.32 Å². The highest BCUT2D eigenvalue weighted by Crippen LogP contribution is 2.12. The van der Waals surface area contributed by atoms with Crippen molar-refractivity contribution < 1.29 is 4.43 Å². The van der Waals surface area contributed by atoms with Crippen LogP contribution in [0.3, 0.4) is 0 Å². The minimum absolute atomic E-state index is 0.155. The first kappa shape index (κ1) is 15.7. The van der Waals surface area contributed by atoms with E-state index in [0.717, 1.165) is 0 Å². The Hall–Kier alpha value is -2.16. The molecule has 3 aromatic rings. The van der Waals surface area contributed by atoms with Gasteiger partial charge in [-0.05, 0) is 29.4 Å². The minimum atomic E-state index is -2.49. The maximum Gasteiger partial charge on any atom is 0.288 e. The molecule has 0 heterocycles. The summed E-state index contributed by atoms with van der Waals surface area (Å²) >= 11 is 0. The van der Waals surface area contributed by atoms with Gasteiger partial charge in [0.25, 0.3) is 8.32 Å². The van der Waals surface area contributed by atoms with E-state index in [9.17, 15) is 0 Å². The molecule has 116 valence electrons. The van der Waals surface area contributed by atoms with Crippen molar-refractivity contribution in [1.82, 2.24) is 0 Å². The van der Waals surface area contributed by atoms with Crippen molar-refractivity contribution in [2.45, 2.75) is 20.0 Å². The predicted octanol–water partition coefficient (Wildman–Crippen LogP) is 3.08. The van der Waals surface area contributed by atoms with Crippen molar-refractivity contribution in [2.24, 2.45) is 0 Å². The molecule has 0 radical (unpaired) electrons. The molecule has 3 aromatic carbocycles. The van der Waals surface area contributed by atoms with Crippen molar-refractivity contribution in [2.75, 3.05) is 0 Å². The van der Waals surface area contributed by atoms with Gasteiger partial charge < -0.3 is 4.43 Å². The molecule has 0 amide bonds. The van der Waals surface area contributed by atoms with Crippen LogP contribution < -0.4 is 15.6 Å². The van der Waals surface area contributed by atoms with E-state index in [2.05, 4.69) is 105 Å². The normalized spacial score (nSPS) is 11.6. The smallest absolute Gasteiger partial charge is 0.288 e. The van der Waals surface area contributed by atoms with Crippen LogP contribution in [0.15, 0.2) is 91.0 Å². The summed E-state index contributed by atoms with van der Waals surface area (Å²) in [6, 6.07) is 32.0. The summed E-state index contributed by atoms with van der Waals surface area (Å²) in [7, 11) is -2.49. The summed E-state index contributed by atoms with van der Waals surface area (Å²) in [5.41, 5.74) is 0. The second kappa shape index (κ2) is 6.94. The zero-order valence-corrected chi connectivity index (χ0v) is 14.6. The van der Waals surface area contributed by atoms with Gasteiger partial charge >= 0.3 is 0 Å². The van der Waals surface area contributed by atoms with Crippen molar-refractivity contribution in [3.8, 4) is 0 Å². The van der Waals surface area contributed by atoms with Gasteiger partial charge in [-0.1, -0.05) is 91.0 Å². The highest BCUT2D eigenvalue weighted by atomic mass is 28.4. The number of rotatable bonds is 5. The molecule has 0 saturated carbocycles. The molecule has 0 aliphatic rings. The Labute approximate surface area is 139 Å². The number of benzene rings is 3. The number of hydrogen-bond donors (Lipinski definition) is 0. The summed E-state index contributed by atoms with van der Waals surface area (Å²) in [4.78, 5) is 0. The molecule has 0 aromatic heterocycles. The van der Waals surface area contributed by atoms with Crippen LogP contribution in [0.5, 0.6) is 0 Å². The monoisotopic (exact) mass is 318 g/mol. The highest BCUT2D eigenvalue weighted by molar-refractivity contribution is 7.07. The van der Waals surface area contributed by atoms with Gasteiger partial charge in [-0.15, -0.1) is 0 Å². The third kappa shape index (κ3) is 3.14. The second-order valence-electron chi connectivity index (χ2n) is 5.95. The lowest BCUT2D eigenvalue weighted by Crippen LogP contribution is -2.70. The molecular weight excluding hydrogens is 296 g/mol. The Bertz CT molecular complexity index is 627. The Balaban J connectivity index is 2.30. The van der Waals surface area contributed by atoms with E-state index in [4.69, 9.17) is 4.43 Å². The predicted molar refractivity (Wildman–Crippen MR) is 100 cm³/mol. The quantitative estimate of drug-likeness (QED) is 0.519. The van der Waals surface area contributed by atoms with Crippen LogP contribution in [0.4, 0.5) is 0 Å². The first-order chi connectivity index (χ1) is 11.2. The van der Waals surface area contributed by atoms with Gasteiger partial charge in [0, 0.05) is 6.10 Å². The molecule has 0 N–H and O–H groups in total. The van der Waals surface area contributed by atoms with Gasteiger partial charge in [0.05, 0.1) is 0 Å². The minimum Gasteiger partial charge on any atom is -0.402 e. The fourth-order valence-electron chi connectivity index (χ4n) is 3.08. The molecule has 3 rings (SSSR count). The lowest BCUT2D eigenvalue weighted by Gasteiger charge is -2.34. The molecule has 0 atom stereocenters. The maximum absolute atomic E-state index is 6.74. The third-order valence-corrected chi connectivity index (χ3v) is 8.22. The standard InChI is InChI=1S/C21H22OSi/c1-18(2)22-23(19-12-6-3-7-13-19,20-14-8-4-9-15-20)21-16-10-5-11-17-21/h3-18H,1-2H3. The third-order valence-electron chi connectivity index (χ3n) is 3.95. The Morgan fingerprint density at radius 1 is 0.565 bits per heavy atom. The summed E-state index contributed by atoms with van der Waals surface area (Å²) in [6.45, 7) is 4.24. The summed E-state index contributed by atoms with van der Waals surface area (Å²) in [5.74, 6) is 0. The van der Waals surface area contributed by atoms with Gasteiger partial charge in [0.2, 0.25) is 0 Å². The largest absolute Gasteiger partial charge is 0.402 e. The first-order valence-corrected chi connectivity index (χ1v) is 9.98. The average Bonchev–Trinajstić information content (AvgIpc) is 2.62. The molecule has 0 aliphatic heterocycles.